The highest BCUT2D eigenvalue weighted by molar-refractivity contribution is 6.04. The molecule has 0 aliphatic heterocycles. The van der Waals surface area contributed by atoms with E-state index in [1.807, 2.05) is 37.4 Å². The Hall–Kier alpha value is -5.96. The van der Waals surface area contributed by atoms with Crippen molar-refractivity contribution >= 4 is 34.0 Å². The molecule has 0 saturated heterocycles. The van der Waals surface area contributed by atoms with Gasteiger partial charge in [0.05, 0.1) is 34.4 Å². The summed E-state index contributed by atoms with van der Waals surface area (Å²) in [5.41, 5.74) is 11.6. The van der Waals surface area contributed by atoms with Crippen LogP contribution < -0.4 is 22.0 Å². The molecule has 0 fully saturated rings. The average Bonchev–Trinajstić information content (AvgIpc) is 3.62. The van der Waals surface area contributed by atoms with Crippen molar-refractivity contribution < 1.29 is 4.79 Å². The number of nitrogens with two attached hydrogens (primary N) is 1. The topological polar surface area (TPSA) is 150 Å². The number of hydrogen-bond acceptors (Lipinski definition) is 8. The molecule has 0 unspecified atom stereocenters. The van der Waals surface area contributed by atoms with Gasteiger partial charge in [-0.3, -0.25) is 24.1 Å². The number of anilines is 2. The molecule has 6 aromatic rings. The zero-order valence-electron chi connectivity index (χ0n) is 22.1. The molecule has 1 atom stereocenters. The van der Waals surface area contributed by atoms with E-state index in [0.717, 1.165) is 5.56 Å². The van der Waals surface area contributed by atoms with Gasteiger partial charge < -0.3 is 11.1 Å². The van der Waals surface area contributed by atoms with Crippen LogP contribution in [-0.2, 0) is 7.05 Å². The lowest BCUT2D eigenvalue weighted by Crippen LogP contribution is -2.37. The number of imidazole rings is 1. The van der Waals surface area contributed by atoms with Gasteiger partial charge in [-0.15, -0.1) is 0 Å². The van der Waals surface area contributed by atoms with Crippen LogP contribution in [0.1, 0.15) is 40.3 Å². The molecule has 4 aromatic heterocycles. The van der Waals surface area contributed by atoms with E-state index in [4.69, 9.17) is 10.7 Å². The number of para-hydroxylation sites is 1. The Labute approximate surface area is 233 Å². The number of aromatic nitrogens is 7. The Morgan fingerprint density at radius 3 is 2.68 bits per heavy atom. The van der Waals surface area contributed by atoms with Crippen LogP contribution >= 0.6 is 0 Å². The number of carbonyl (C=O) groups is 1. The predicted molar refractivity (Wildman–Crippen MR) is 154 cm³/mol. The fourth-order valence-electron chi connectivity index (χ4n) is 4.47. The van der Waals surface area contributed by atoms with Gasteiger partial charge in [0.2, 0.25) is 0 Å². The fourth-order valence-corrected chi connectivity index (χ4v) is 4.47. The second kappa shape index (κ2) is 10.3. The number of hydrogen-bond donors (Lipinski definition) is 3. The molecule has 0 aliphatic carbocycles. The van der Waals surface area contributed by atoms with Crippen LogP contribution in [0.25, 0.3) is 16.6 Å². The van der Waals surface area contributed by atoms with E-state index in [9.17, 15) is 9.59 Å². The van der Waals surface area contributed by atoms with Crippen LogP contribution in [0.3, 0.4) is 0 Å². The molecular formula is C29H24N10O2. The summed E-state index contributed by atoms with van der Waals surface area (Å²) in [6.07, 6.45) is 8.15. The third-order valence-corrected chi connectivity index (χ3v) is 6.42. The average molecular weight is 545 g/mol. The Bertz CT molecular complexity index is 2050. The molecule has 0 saturated carbocycles. The molecule has 0 aliphatic rings. The normalized spacial score (nSPS) is 11.7. The van der Waals surface area contributed by atoms with Crippen molar-refractivity contribution in [3.05, 3.63) is 113 Å². The SMILES string of the molecule is C[C@@H](NC(=O)c1c(N)ncn2ccnc12)c1nc2cccc(C#Cc3cnn(C)c3)c2c(=O)n1Nc1ccccc1. The summed E-state index contributed by atoms with van der Waals surface area (Å²) in [5, 5.41) is 7.38. The van der Waals surface area contributed by atoms with E-state index >= 15 is 0 Å². The van der Waals surface area contributed by atoms with Crippen LogP contribution in [0, 0.1) is 11.8 Å². The van der Waals surface area contributed by atoms with Crippen LogP contribution in [-0.4, -0.2) is 39.7 Å². The van der Waals surface area contributed by atoms with Crippen molar-refractivity contribution in [1.29, 1.82) is 0 Å². The Morgan fingerprint density at radius 1 is 1.07 bits per heavy atom. The Kier molecular flexibility index (Phi) is 6.37. The number of nitrogens with zero attached hydrogens (tertiary/aromatic N) is 7. The molecule has 12 heteroatoms. The molecule has 4 heterocycles. The first kappa shape index (κ1) is 25.3. The van der Waals surface area contributed by atoms with Crippen LogP contribution in [0.2, 0.25) is 0 Å². The van der Waals surface area contributed by atoms with E-state index in [2.05, 4.69) is 37.7 Å². The van der Waals surface area contributed by atoms with Gasteiger partial charge in [-0.25, -0.2) is 19.6 Å². The van der Waals surface area contributed by atoms with Gasteiger partial charge >= 0.3 is 0 Å². The summed E-state index contributed by atoms with van der Waals surface area (Å²) in [6, 6.07) is 13.8. The summed E-state index contributed by atoms with van der Waals surface area (Å²) >= 11 is 0. The van der Waals surface area contributed by atoms with Gasteiger partial charge in [-0.2, -0.15) is 5.10 Å². The third kappa shape index (κ3) is 4.83. The molecule has 202 valence electrons. The fraction of sp³-hybridized carbons (Fsp3) is 0.103. The lowest BCUT2D eigenvalue weighted by Gasteiger charge is -2.21. The molecule has 2 aromatic carbocycles. The Morgan fingerprint density at radius 2 is 1.90 bits per heavy atom. The molecule has 0 spiro atoms. The van der Waals surface area contributed by atoms with Gasteiger partial charge in [-0.1, -0.05) is 36.1 Å². The van der Waals surface area contributed by atoms with Gasteiger partial charge in [0.15, 0.2) is 11.5 Å². The molecule has 41 heavy (non-hydrogen) atoms. The number of carbonyl (C=O) groups excluding carboxylic acids is 1. The maximum Gasteiger partial charge on any atom is 0.281 e. The van der Waals surface area contributed by atoms with E-state index < -0.39 is 11.9 Å². The molecule has 0 bridgehead atoms. The molecule has 0 radical (unpaired) electrons. The first-order valence-electron chi connectivity index (χ1n) is 12.7. The van der Waals surface area contributed by atoms with Gasteiger partial charge in [0, 0.05) is 31.2 Å². The number of nitrogens with one attached hydrogen (secondary N) is 2. The predicted octanol–water partition coefficient (Wildman–Crippen LogP) is 2.52. The summed E-state index contributed by atoms with van der Waals surface area (Å²) in [4.78, 5) is 40.6. The van der Waals surface area contributed by atoms with E-state index in [0.29, 0.717) is 27.8 Å². The van der Waals surface area contributed by atoms with Crippen molar-refractivity contribution in [3.8, 4) is 11.8 Å². The number of aryl methyl sites for hydroxylation is 1. The van der Waals surface area contributed by atoms with Gasteiger partial charge in [-0.05, 0) is 31.2 Å². The van der Waals surface area contributed by atoms with Crippen LogP contribution in [0.5, 0.6) is 0 Å². The summed E-state index contributed by atoms with van der Waals surface area (Å²) in [5.74, 6) is 5.96. The highest BCUT2D eigenvalue weighted by atomic mass is 16.2. The van der Waals surface area contributed by atoms with Crippen molar-refractivity contribution in [3.63, 3.8) is 0 Å². The molecule has 4 N–H and O–H groups in total. The van der Waals surface area contributed by atoms with Gasteiger partial charge in [0.25, 0.3) is 11.5 Å². The van der Waals surface area contributed by atoms with Crippen molar-refractivity contribution in [2.45, 2.75) is 13.0 Å². The second-order valence-corrected chi connectivity index (χ2v) is 9.30. The minimum Gasteiger partial charge on any atom is -0.383 e. The summed E-state index contributed by atoms with van der Waals surface area (Å²) in [6.45, 7) is 1.73. The highest BCUT2D eigenvalue weighted by Gasteiger charge is 2.23. The number of benzene rings is 2. The largest absolute Gasteiger partial charge is 0.383 e. The number of amides is 1. The van der Waals surface area contributed by atoms with Gasteiger partial charge in [0.1, 0.15) is 17.7 Å². The van der Waals surface area contributed by atoms with Crippen molar-refractivity contribution in [1.82, 2.24) is 39.1 Å². The first-order valence-corrected chi connectivity index (χ1v) is 12.7. The molecular weight excluding hydrogens is 520 g/mol. The zero-order chi connectivity index (χ0) is 28.5. The van der Waals surface area contributed by atoms with Crippen molar-refractivity contribution in [2.24, 2.45) is 7.05 Å². The van der Waals surface area contributed by atoms with Crippen LogP contribution in [0.15, 0.2) is 84.4 Å². The minimum atomic E-state index is -0.726. The molecule has 12 nitrogen and oxygen atoms in total. The lowest BCUT2D eigenvalue weighted by atomic mass is 10.1. The number of rotatable bonds is 5. The first-order chi connectivity index (χ1) is 19.9. The number of nitrogen functional groups attached to an aromatic ring is 1. The standard InChI is InChI=1S/C29H24N10O2/c1-18(34-28(40)24-25(30)32-17-38-14-13-31-27(24)38)26-35-22-10-6-7-20(12-11-19-15-33-37(2)16-19)23(22)29(41)39(26)36-21-8-4-3-5-9-21/h3-10,13-18,36H,30H2,1-2H3,(H,34,40)/t18-/m1/s1. The summed E-state index contributed by atoms with van der Waals surface area (Å²) in [7, 11) is 1.81. The van der Waals surface area contributed by atoms with Crippen LogP contribution in [0.4, 0.5) is 11.5 Å². The highest BCUT2D eigenvalue weighted by Crippen LogP contribution is 2.20. The minimum absolute atomic E-state index is 0.0384. The Balaban J connectivity index is 1.45. The quantitative estimate of drug-likeness (QED) is 0.280. The summed E-state index contributed by atoms with van der Waals surface area (Å²) < 4.78 is 4.59. The maximum atomic E-state index is 14.1. The zero-order valence-corrected chi connectivity index (χ0v) is 22.1. The third-order valence-electron chi connectivity index (χ3n) is 6.42. The molecule has 1 amide bonds. The maximum absolute atomic E-state index is 14.1. The number of fused-ring (bicyclic) bond motifs is 2. The lowest BCUT2D eigenvalue weighted by molar-refractivity contribution is 0.0939. The van der Waals surface area contributed by atoms with Crippen molar-refractivity contribution in [2.75, 3.05) is 11.2 Å². The molecule has 6 rings (SSSR count). The van der Waals surface area contributed by atoms with E-state index in [-0.39, 0.29) is 22.8 Å². The smallest absolute Gasteiger partial charge is 0.281 e. The monoisotopic (exact) mass is 544 g/mol. The van der Waals surface area contributed by atoms with E-state index in [1.165, 1.54) is 11.0 Å². The second-order valence-electron chi connectivity index (χ2n) is 9.30. The van der Waals surface area contributed by atoms with E-state index in [1.54, 1.807) is 59.0 Å².